The van der Waals surface area contributed by atoms with Crippen LogP contribution in [0.3, 0.4) is 0 Å². The number of hydrogen-bond donors (Lipinski definition) is 0. The highest BCUT2D eigenvalue weighted by Gasteiger charge is 2.14. The predicted molar refractivity (Wildman–Crippen MR) is 76.3 cm³/mol. The van der Waals surface area contributed by atoms with Crippen LogP contribution in [0.15, 0.2) is 42.5 Å². The summed E-state index contributed by atoms with van der Waals surface area (Å²) in [7, 11) is 0. The highest BCUT2D eigenvalue weighted by atomic mass is 19.1. The number of benzene rings is 2. The van der Waals surface area contributed by atoms with Gasteiger partial charge in [0.05, 0.1) is 11.6 Å². The van der Waals surface area contributed by atoms with Crippen LogP contribution >= 0.6 is 0 Å². The van der Waals surface area contributed by atoms with E-state index in [1.54, 1.807) is 0 Å². The first-order chi connectivity index (χ1) is 9.38. The van der Waals surface area contributed by atoms with E-state index in [1.165, 1.54) is 18.2 Å². The quantitative estimate of drug-likeness (QED) is 0.785. The molecule has 0 radical (unpaired) electrons. The molecule has 0 fully saturated rings. The molecule has 2 rings (SSSR count). The van der Waals surface area contributed by atoms with Gasteiger partial charge < -0.3 is 4.74 Å². The summed E-state index contributed by atoms with van der Waals surface area (Å²) >= 11 is 0. The summed E-state index contributed by atoms with van der Waals surface area (Å²) in [5, 5.41) is 8.83. The maximum atomic E-state index is 13.4. The van der Waals surface area contributed by atoms with E-state index in [2.05, 4.69) is 20.8 Å². The van der Waals surface area contributed by atoms with Crippen molar-refractivity contribution in [2.24, 2.45) is 0 Å². The molecule has 0 unspecified atom stereocenters. The maximum absolute atomic E-state index is 13.4. The van der Waals surface area contributed by atoms with Gasteiger partial charge in [-0.25, -0.2) is 4.39 Å². The van der Waals surface area contributed by atoms with Gasteiger partial charge in [0.25, 0.3) is 0 Å². The standard InChI is InChI=1S/C17H16FNO/c1-17(2,3)13-5-4-6-15(9-13)20-16-8-12(11-19)7-14(18)10-16/h4-10H,1-3H3. The van der Waals surface area contributed by atoms with Crippen molar-refractivity contribution in [3.63, 3.8) is 0 Å². The zero-order valence-corrected chi connectivity index (χ0v) is 11.8. The van der Waals surface area contributed by atoms with Crippen LogP contribution in [0.5, 0.6) is 11.5 Å². The highest BCUT2D eigenvalue weighted by molar-refractivity contribution is 5.41. The van der Waals surface area contributed by atoms with Crippen LogP contribution in [0.2, 0.25) is 0 Å². The second-order valence-corrected chi connectivity index (χ2v) is 5.67. The minimum atomic E-state index is -0.481. The molecule has 0 aromatic heterocycles. The average Bonchev–Trinajstić information content (AvgIpc) is 2.37. The van der Waals surface area contributed by atoms with E-state index in [9.17, 15) is 4.39 Å². The van der Waals surface area contributed by atoms with Crippen LogP contribution < -0.4 is 4.74 Å². The molecular weight excluding hydrogens is 253 g/mol. The molecule has 0 aliphatic rings. The molecule has 0 atom stereocenters. The van der Waals surface area contributed by atoms with Gasteiger partial charge in [-0.2, -0.15) is 5.26 Å². The van der Waals surface area contributed by atoms with Crippen LogP contribution in [0.4, 0.5) is 4.39 Å². The minimum Gasteiger partial charge on any atom is -0.457 e. The fourth-order valence-corrected chi connectivity index (χ4v) is 1.85. The third kappa shape index (κ3) is 3.36. The van der Waals surface area contributed by atoms with Crippen molar-refractivity contribution in [3.8, 4) is 17.6 Å². The Labute approximate surface area is 118 Å². The van der Waals surface area contributed by atoms with Crippen LogP contribution in [0.1, 0.15) is 31.9 Å². The third-order valence-electron chi connectivity index (χ3n) is 2.94. The SMILES string of the molecule is CC(C)(C)c1cccc(Oc2cc(F)cc(C#N)c2)c1. The molecule has 102 valence electrons. The fourth-order valence-electron chi connectivity index (χ4n) is 1.85. The van der Waals surface area contributed by atoms with Crippen LogP contribution in [-0.2, 0) is 5.41 Å². The van der Waals surface area contributed by atoms with Crippen molar-refractivity contribution in [1.82, 2.24) is 0 Å². The first kappa shape index (κ1) is 14.1. The fraction of sp³-hybridized carbons (Fsp3) is 0.235. The molecule has 0 aliphatic carbocycles. The normalized spacial score (nSPS) is 10.9. The molecule has 2 aromatic rings. The molecule has 0 spiro atoms. The van der Waals surface area contributed by atoms with Crippen LogP contribution in [0.25, 0.3) is 0 Å². The summed E-state index contributed by atoms with van der Waals surface area (Å²) in [6, 6.07) is 13.5. The molecule has 2 nitrogen and oxygen atoms in total. The Balaban J connectivity index is 2.31. The molecule has 0 amide bonds. The summed E-state index contributed by atoms with van der Waals surface area (Å²) in [6.45, 7) is 6.34. The molecular formula is C17H16FNO. The van der Waals surface area contributed by atoms with E-state index in [0.717, 1.165) is 5.56 Å². The van der Waals surface area contributed by atoms with Gasteiger partial charge in [-0.05, 0) is 35.2 Å². The van der Waals surface area contributed by atoms with E-state index >= 15 is 0 Å². The molecule has 0 bridgehead atoms. The summed E-state index contributed by atoms with van der Waals surface area (Å²) in [5.74, 6) is 0.477. The lowest BCUT2D eigenvalue weighted by atomic mass is 9.87. The molecule has 2 aromatic carbocycles. The van der Waals surface area contributed by atoms with Crippen molar-refractivity contribution in [1.29, 1.82) is 5.26 Å². The molecule has 0 aliphatic heterocycles. The average molecular weight is 269 g/mol. The summed E-state index contributed by atoms with van der Waals surface area (Å²) < 4.78 is 19.0. The number of nitriles is 1. The smallest absolute Gasteiger partial charge is 0.131 e. The van der Waals surface area contributed by atoms with E-state index in [0.29, 0.717) is 11.5 Å². The molecule has 0 saturated heterocycles. The molecule has 0 N–H and O–H groups in total. The van der Waals surface area contributed by atoms with Gasteiger partial charge in [0.15, 0.2) is 0 Å². The molecule has 3 heteroatoms. The Bertz CT molecular complexity index is 665. The molecule has 0 saturated carbocycles. The number of rotatable bonds is 2. The van der Waals surface area contributed by atoms with Gasteiger partial charge in [-0.1, -0.05) is 32.9 Å². The Morgan fingerprint density at radius 2 is 1.80 bits per heavy atom. The Morgan fingerprint density at radius 3 is 2.45 bits per heavy atom. The van der Waals surface area contributed by atoms with Gasteiger partial charge >= 0.3 is 0 Å². The first-order valence-electron chi connectivity index (χ1n) is 6.37. The number of halogens is 1. The van der Waals surface area contributed by atoms with E-state index in [4.69, 9.17) is 10.00 Å². The van der Waals surface area contributed by atoms with Gasteiger partial charge in [0.2, 0.25) is 0 Å². The van der Waals surface area contributed by atoms with Crippen LogP contribution in [-0.4, -0.2) is 0 Å². The minimum absolute atomic E-state index is 0.0130. The lowest BCUT2D eigenvalue weighted by Crippen LogP contribution is -2.10. The lowest BCUT2D eigenvalue weighted by molar-refractivity contribution is 0.473. The van der Waals surface area contributed by atoms with Crippen molar-refractivity contribution in [2.75, 3.05) is 0 Å². The largest absolute Gasteiger partial charge is 0.457 e. The van der Waals surface area contributed by atoms with E-state index in [-0.39, 0.29) is 11.0 Å². The number of ether oxygens (including phenoxy) is 1. The highest BCUT2D eigenvalue weighted by Crippen LogP contribution is 2.29. The topological polar surface area (TPSA) is 33.0 Å². The van der Waals surface area contributed by atoms with E-state index < -0.39 is 5.82 Å². The van der Waals surface area contributed by atoms with Gasteiger partial charge in [0.1, 0.15) is 17.3 Å². The number of nitrogens with zero attached hydrogens (tertiary/aromatic N) is 1. The molecule has 0 heterocycles. The maximum Gasteiger partial charge on any atom is 0.131 e. The number of hydrogen-bond acceptors (Lipinski definition) is 2. The summed E-state index contributed by atoms with van der Waals surface area (Å²) in [4.78, 5) is 0. The van der Waals surface area contributed by atoms with Gasteiger partial charge in [-0.15, -0.1) is 0 Å². The first-order valence-corrected chi connectivity index (χ1v) is 6.37. The summed E-state index contributed by atoms with van der Waals surface area (Å²) in [5.41, 5.74) is 1.39. The monoisotopic (exact) mass is 269 g/mol. The van der Waals surface area contributed by atoms with E-state index in [1.807, 2.05) is 30.3 Å². The third-order valence-corrected chi connectivity index (χ3v) is 2.94. The van der Waals surface area contributed by atoms with Crippen molar-refractivity contribution in [2.45, 2.75) is 26.2 Å². The zero-order valence-electron chi connectivity index (χ0n) is 11.8. The molecule has 20 heavy (non-hydrogen) atoms. The van der Waals surface area contributed by atoms with Crippen molar-refractivity contribution in [3.05, 3.63) is 59.4 Å². The summed E-state index contributed by atoms with van der Waals surface area (Å²) in [6.07, 6.45) is 0. The predicted octanol–water partition coefficient (Wildman–Crippen LogP) is 4.79. The Kier molecular flexibility index (Phi) is 3.76. The van der Waals surface area contributed by atoms with Crippen molar-refractivity contribution < 1.29 is 9.13 Å². The van der Waals surface area contributed by atoms with Gasteiger partial charge in [-0.3, -0.25) is 0 Å². The second kappa shape index (κ2) is 5.34. The second-order valence-electron chi connectivity index (χ2n) is 5.67. The zero-order chi connectivity index (χ0) is 14.8. The Hall–Kier alpha value is -2.34. The van der Waals surface area contributed by atoms with Crippen LogP contribution in [0, 0.1) is 17.1 Å². The Morgan fingerprint density at radius 1 is 1.05 bits per heavy atom. The van der Waals surface area contributed by atoms with Gasteiger partial charge in [0, 0.05) is 6.07 Å². The lowest BCUT2D eigenvalue weighted by Gasteiger charge is -2.19. The van der Waals surface area contributed by atoms with Crippen molar-refractivity contribution >= 4 is 0 Å².